The van der Waals surface area contributed by atoms with Crippen LogP contribution in [0.25, 0.3) is 0 Å². The van der Waals surface area contributed by atoms with Crippen molar-refractivity contribution in [2.24, 2.45) is 5.73 Å². The van der Waals surface area contributed by atoms with Crippen LogP contribution < -0.4 is 5.73 Å². The molecule has 1 saturated heterocycles. The number of hydrogen-bond acceptors (Lipinski definition) is 2. The monoisotopic (exact) mass is 298 g/mol. The first-order chi connectivity index (χ1) is 10.6. The summed E-state index contributed by atoms with van der Waals surface area (Å²) in [5, 5.41) is 0. The topological polar surface area (TPSA) is 29.3 Å². The number of halogens is 1. The lowest BCUT2D eigenvalue weighted by Crippen LogP contribution is -2.45. The van der Waals surface area contributed by atoms with Gasteiger partial charge in [0.2, 0.25) is 0 Å². The van der Waals surface area contributed by atoms with Gasteiger partial charge in [0.1, 0.15) is 5.82 Å². The Morgan fingerprint density at radius 1 is 1.14 bits per heavy atom. The van der Waals surface area contributed by atoms with Crippen molar-refractivity contribution in [3.05, 3.63) is 71.0 Å². The van der Waals surface area contributed by atoms with Gasteiger partial charge >= 0.3 is 0 Å². The standard InChI is InChI=1S/C19H23FN2/c1-14-4-2-6-16(8-14)17-10-19(21)13-22(12-17)11-15-5-3-7-18(20)9-15/h2-9,17,19H,10-13,21H2,1H3. The van der Waals surface area contributed by atoms with Crippen molar-refractivity contribution in [2.75, 3.05) is 13.1 Å². The van der Waals surface area contributed by atoms with Crippen LogP contribution in [0.2, 0.25) is 0 Å². The van der Waals surface area contributed by atoms with E-state index in [-0.39, 0.29) is 11.9 Å². The van der Waals surface area contributed by atoms with Gasteiger partial charge in [0.25, 0.3) is 0 Å². The molecule has 1 aliphatic heterocycles. The Balaban J connectivity index is 1.73. The Labute approximate surface area is 131 Å². The average molecular weight is 298 g/mol. The van der Waals surface area contributed by atoms with Crippen LogP contribution in [0.1, 0.15) is 29.0 Å². The van der Waals surface area contributed by atoms with E-state index in [1.807, 2.05) is 6.07 Å². The van der Waals surface area contributed by atoms with E-state index in [0.29, 0.717) is 5.92 Å². The molecule has 22 heavy (non-hydrogen) atoms. The molecule has 3 heteroatoms. The highest BCUT2D eigenvalue weighted by Gasteiger charge is 2.26. The molecule has 116 valence electrons. The first-order valence-corrected chi connectivity index (χ1v) is 7.89. The Hall–Kier alpha value is -1.71. The van der Waals surface area contributed by atoms with Crippen molar-refractivity contribution in [3.8, 4) is 0 Å². The molecule has 2 nitrogen and oxygen atoms in total. The zero-order valence-electron chi connectivity index (χ0n) is 13.0. The third kappa shape index (κ3) is 3.73. The molecular weight excluding hydrogens is 275 g/mol. The van der Waals surface area contributed by atoms with Gasteiger partial charge in [-0.3, -0.25) is 4.90 Å². The Morgan fingerprint density at radius 2 is 1.95 bits per heavy atom. The predicted octanol–water partition coefficient (Wildman–Crippen LogP) is 3.45. The van der Waals surface area contributed by atoms with E-state index >= 15 is 0 Å². The number of aryl methyl sites for hydroxylation is 1. The molecule has 2 unspecified atom stereocenters. The summed E-state index contributed by atoms with van der Waals surface area (Å²) < 4.78 is 13.3. The summed E-state index contributed by atoms with van der Waals surface area (Å²) in [4.78, 5) is 2.34. The van der Waals surface area contributed by atoms with Crippen molar-refractivity contribution < 1.29 is 4.39 Å². The van der Waals surface area contributed by atoms with Gasteiger partial charge in [-0.05, 0) is 42.5 Å². The van der Waals surface area contributed by atoms with Gasteiger partial charge in [-0.15, -0.1) is 0 Å². The highest BCUT2D eigenvalue weighted by Crippen LogP contribution is 2.28. The van der Waals surface area contributed by atoms with E-state index in [4.69, 9.17) is 5.73 Å². The molecule has 0 bridgehead atoms. The Kier molecular flexibility index (Phi) is 4.55. The summed E-state index contributed by atoms with van der Waals surface area (Å²) in [6, 6.07) is 15.7. The van der Waals surface area contributed by atoms with Crippen LogP contribution in [0.4, 0.5) is 4.39 Å². The molecule has 0 radical (unpaired) electrons. The van der Waals surface area contributed by atoms with E-state index in [2.05, 4.69) is 36.1 Å². The first-order valence-electron chi connectivity index (χ1n) is 7.89. The maximum atomic E-state index is 13.3. The molecule has 0 saturated carbocycles. The second-order valence-corrected chi connectivity index (χ2v) is 6.43. The minimum Gasteiger partial charge on any atom is -0.327 e. The lowest BCUT2D eigenvalue weighted by atomic mass is 9.87. The largest absolute Gasteiger partial charge is 0.327 e. The Bertz CT molecular complexity index is 641. The fourth-order valence-corrected chi connectivity index (χ4v) is 3.42. The maximum Gasteiger partial charge on any atom is 0.123 e. The predicted molar refractivity (Wildman–Crippen MR) is 88.2 cm³/mol. The second-order valence-electron chi connectivity index (χ2n) is 6.43. The van der Waals surface area contributed by atoms with Gasteiger partial charge in [0, 0.05) is 25.7 Å². The molecule has 1 aliphatic rings. The van der Waals surface area contributed by atoms with E-state index in [0.717, 1.165) is 31.6 Å². The molecule has 2 aromatic rings. The molecule has 0 aromatic heterocycles. The van der Waals surface area contributed by atoms with Crippen molar-refractivity contribution in [1.82, 2.24) is 4.90 Å². The highest BCUT2D eigenvalue weighted by atomic mass is 19.1. The van der Waals surface area contributed by atoms with Crippen LogP contribution in [-0.2, 0) is 6.54 Å². The molecule has 2 N–H and O–H groups in total. The quantitative estimate of drug-likeness (QED) is 0.940. The number of benzene rings is 2. The summed E-state index contributed by atoms with van der Waals surface area (Å²) in [6.07, 6.45) is 1.02. The Morgan fingerprint density at radius 3 is 2.73 bits per heavy atom. The number of likely N-dealkylation sites (tertiary alicyclic amines) is 1. The third-order valence-corrected chi connectivity index (χ3v) is 4.37. The van der Waals surface area contributed by atoms with Crippen molar-refractivity contribution in [1.29, 1.82) is 0 Å². The minimum absolute atomic E-state index is 0.172. The molecule has 0 spiro atoms. The van der Waals surface area contributed by atoms with Crippen LogP contribution in [0.15, 0.2) is 48.5 Å². The van der Waals surface area contributed by atoms with Gasteiger partial charge in [0.15, 0.2) is 0 Å². The lowest BCUT2D eigenvalue weighted by molar-refractivity contribution is 0.181. The third-order valence-electron chi connectivity index (χ3n) is 4.37. The highest BCUT2D eigenvalue weighted by molar-refractivity contribution is 5.26. The van der Waals surface area contributed by atoms with Crippen molar-refractivity contribution >= 4 is 0 Å². The lowest BCUT2D eigenvalue weighted by Gasteiger charge is -2.36. The van der Waals surface area contributed by atoms with Crippen molar-refractivity contribution in [3.63, 3.8) is 0 Å². The SMILES string of the molecule is Cc1cccc(C2CC(N)CN(Cc3cccc(F)c3)C2)c1. The van der Waals surface area contributed by atoms with Crippen LogP contribution >= 0.6 is 0 Å². The van der Waals surface area contributed by atoms with Crippen LogP contribution in [-0.4, -0.2) is 24.0 Å². The second kappa shape index (κ2) is 6.59. The molecule has 0 aliphatic carbocycles. The number of rotatable bonds is 3. The van der Waals surface area contributed by atoms with Crippen LogP contribution in [0.3, 0.4) is 0 Å². The van der Waals surface area contributed by atoms with Crippen LogP contribution in [0, 0.1) is 12.7 Å². The van der Waals surface area contributed by atoms with E-state index < -0.39 is 0 Å². The average Bonchev–Trinajstić information content (AvgIpc) is 2.46. The summed E-state index contributed by atoms with van der Waals surface area (Å²) in [5.41, 5.74) is 9.92. The smallest absolute Gasteiger partial charge is 0.123 e. The number of nitrogens with zero attached hydrogens (tertiary/aromatic N) is 1. The molecule has 2 atom stereocenters. The molecule has 1 fully saturated rings. The van der Waals surface area contributed by atoms with E-state index in [1.165, 1.54) is 17.2 Å². The fraction of sp³-hybridized carbons (Fsp3) is 0.368. The van der Waals surface area contributed by atoms with Gasteiger partial charge in [-0.25, -0.2) is 4.39 Å². The first kappa shape index (κ1) is 15.2. The zero-order valence-corrected chi connectivity index (χ0v) is 13.0. The van der Waals surface area contributed by atoms with E-state index in [1.54, 1.807) is 12.1 Å². The summed E-state index contributed by atoms with van der Waals surface area (Å²) in [6.45, 7) is 4.73. The number of nitrogens with two attached hydrogens (primary N) is 1. The summed E-state index contributed by atoms with van der Waals surface area (Å²) in [7, 11) is 0. The molecule has 3 rings (SSSR count). The fourth-order valence-electron chi connectivity index (χ4n) is 3.42. The van der Waals surface area contributed by atoms with Gasteiger partial charge in [0.05, 0.1) is 0 Å². The molecule has 0 amide bonds. The van der Waals surface area contributed by atoms with Crippen molar-refractivity contribution in [2.45, 2.75) is 31.8 Å². The van der Waals surface area contributed by atoms with Gasteiger partial charge in [-0.2, -0.15) is 0 Å². The zero-order chi connectivity index (χ0) is 15.5. The normalized spacial score (nSPS) is 22.7. The van der Waals surface area contributed by atoms with Crippen LogP contribution in [0.5, 0.6) is 0 Å². The van der Waals surface area contributed by atoms with E-state index in [9.17, 15) is 4.39 Å². The minimum atomic E-state index is -0.172. The molecule has 1 heterocycles. The summed E-state index contributed by atoms with van der Waals surface area (Å²) in [5.74, 6) is 0.284. The van der Waals surface area contributed by atoms with Gasteiger partial charge < -0.3 is 5.73 Å². The molecular formula is C19H23FN2. The number of hydrogen-bond donors (Lipinski definition) is 1. The molecule has 2 aromatic carbocycles. The number of piperidine rings is 1. The van der Waals surface area contributed by atoms with Gasteiger partial charge in [-0.1, -0.05) is 42.0 Å². The maximum absolute atomic E-state index is 13.3. The summed E-state index contributed by atoms with van der Waals surface area (Å²) >= 11 is 0.